The molecule has 0 atom stereocenters. The lowest BCUT2D eigenvalue weighted by Gasteiger charge is -2.12. The molecule has 0 radical (unpaired) electrons. The molecule has 0 unspecified atom stereocenters. The van der Waals surface area contributed by atoms with Gasteiger partial charge in [-0.1, -0.05) is 66.8 Å². The van der Waals surface area contributed by atoms with Gasteiger partial charge in [-0.3, -0.25) is 0 Å². The molecule has 0 saturated carbocycles. The van der Waals surface area contributed by atoms with Gasteiger partial charge in [0, 0.05) is 12.2 Å². The Balaban J connectivity index is 1.80. The van der Waals surface area contributed by atoms with Crippen LogP contribution in [0.3, 0.4) is 0 Å². The molecule has 0 amide bonds. The Morgan fingerprint density at radius 2 is 1.65 bits per heavy atom. The quantitative estimate of drug-likeness (QED) is 0.642. The van der Waals surface area contributed by atoms with Crippen LogP contribution < -0.4 is 5.32 Å². The fourth-order valence-corrected chi connectivity index (χ4v) is 2.70. The van der Waals surface area contributed by atoms with E-state index in [-0.39, 0.29) is 0 Å². The molecule has 1 N–H and O–H groups in total. The summed E-state index contributed by atoms with van der Waals surface area (Å²) in [5.74, 6) is 0. The van der Waals surface area contributed by atoms with Crippen LogP contribution in [0.2, 0.25) is 0 Å². The van der Waals surface area contributed by atoms with E-state index in [1.54, 1.807) is 0 Å². The molecule has 23 heavy (non-hydrogen) atoms. The highest BCUT2D eigenvalue weighted by Crippen LogP contribution is 2.16. The Bertz CT molecular complexity index is 695. The van der Waals surface area contributed by atoms with Gasteiger partial charge < -0.3 is 5.32 Å². The zero-order chi connectivity index (χ0) is 16.7. The van der Waals surface area contributed by atoms with Crippen LogP contribution in [-0.4, -0.2) is 6.54 Å². The van der Waals surface area contributed by atoms with E-state index in [0.717, 1.165) is 25.1 Å². The number of aryl methyl sites for hydroxylation is 2. The fraction of sp³-hybridized carbons (Fsp3) is 0.273. The standard InChI is InChI=1S/C22H27N/c1-17(16-21-13-7-5-11-18(21)2)10-9-15-23-20(4)22-14-8-6-12-19(22)3/h5-8,11-14,16,23H,4,9-10,15H2,1-3H3/b17-16-. The minimum atomic E-state index is 0.951. The molecule has 0 aliphatic carbocycles. The highest BCUT2D eigenvalue weighted by Gasteiger charge is 2.01. The summed E-state index contributed by atoms with van der Waals surface area (Å²) in [6.45, 7) is 11.6. The molecule has 120 valence electrons. The van der Waals surface area contributed by atoms with Crippen molar-refractivity contribution in [2.75, 3.05) is 6.54 Å². The highest BCUT2D eigenvalue weighted by atomic mass is 14.9. The first-order valence-electron chi connectivity index (χ1n) is 8.29. The summed E-state index contributed by atoms with van der Waals surface area (Å²) in [7, 11) is 0. The Morgan fingerprint density at radius 3 is 2.35 bits per heavy atom. The second kappa shape index (κ2) is 8.38. The van der Waals surface area contributed by atoms with Crippen molar-refractivity contribution >= 4 is 11.8 Å². The number of rotatable bonds is 7. The topological polar surface area (TPSA) is 12.0 Å². The van der Waals surface area contributed by atoms with Gasteiger partial charge in [0.25, 0.3) is 0 Å². The van der Waals surface area contributed by atoms with Crippen molar-refractivity contribution in [3.8, 4) is 0 Å². The number of hydrogen-bond donors (Lipinski definition) is 1. The molecule has 0 heterocycles. The summed E-state index contributed by atoms with van der Waals surface area (Å²) < 4.78 is 0. The average Bonchev–Trinajstić information content (AvgIpc) is 2.54. The van der Waals surface area contributed by atoms with E-state index in [0.29, 0.717) is 0 Å². The van der Waals surface area contributed by atoms with Gasteiger partial charge in [0.05, 0.1) is 0 Å². The lowest BCUT2D eigenvalue weighted by atomic mass is 10.0. The van der Waals surface area contributed by atoms with Crippen LogP contribution in [0, 0.1) is 13.8 Å². The van der Waals surface area contributed by atoms with E-state index >= 15 is 0 Å². The molecule has 0 fully saturated rings. The van der Waals surface area contributed by atoms with Crippen molar-refractivity contribution in [3.63, 3.8) is 0 Å². The molecule has 0 saturated heterocycles. The van der Waals surface area contributed by atoms with Gasteiger partial charge in [-0.2, -0.15) is 0 Å². The van der Waals surface area contributed by atoms with E-state index in [2.05, 4.69) is 87.3 Å². The third-order valence-electron chi connectivity index (χ3n) is 4.15. The maximum atomic E-state index is 4.16. The van der Waals surface area contributed by atoms with Crippen LogP contribution in [0.5, 0.6) is 0 Å². The van der Waals surface area contributed by atoms with E-state index < -0.39 is 0 Å². The van der Waals surface area contributed by atoms with Crippen molar-refractivity contribution < 1.29 is 0 Å². The van der Waals surface area contributed by atoms with Crippen LogP contribution in [0.1, 0.15) is 42.0 Å². The van der Waals surface area contributed by atoms with Gasteiger partial charge in [-0.15, -0.1) is 0 Å². The molecule has 2 aromatic rings. The molecule has 0 aliphatic rings. The van der Waals surface area contributed by atoms with Gasteiger partial charge in [0.2, 0.25) is 0 Å². The molecule has 0 bridgehead atoms. The maximum absolute atomic E-state index is 4.16. The summed E-state index contributed by atoms with van der Waals surface area (Å²) in [6, 6.07) is 16.9. The van der Waals surface area contributed by atoms with Crippen molar-refractivity contribution in [1.29, 1.82) is 0 Å². The summed E-state index contributed by atoms with van der Waals surface area (Å²) in [4.78, 5) is 0. The summed E-state index contributed by atoms with van der Waals surface area (Å²) in [5.41, 5.74) is 7.56. The minimum Gasteiger partial charge on any atom is -0.385 e. The monoisotopic (exact) mass is 305 g/mol. The maximum Gasteiger partial charge on any atom is 0.0343 e. The number of nitrogens with one attached hydrogen (secondary N) is 1. The van der Waals surface area contributed by atoms with Crippen LogP contribution in [0.15, 0.2) is 60.7 Å². The predicted octanol–water partition coefficient (Wildman–Crippen LogP) is 5.75. The largest absolute Gasteiger partial charge is 0.385 e. The molecule has 0 aliphatic heterocycles. The average molecular weight is 305 g/mol. The molecular formula is C22H27N. The van der Waals surface area contributed by atoms with E-state index in [1.165, 1.54) is 27.8 Å². The first kappa shape index (κ1) is 17.1. The van der Waals surface area contributed by atoms with E-state index in [9.17, 15) is 0 Å². The third-order valence-corrected chi connectivity index (χ3v) is 4.15. The smallest absolute Gasteiger partial charge is 0.0343 e. The normalized spacial score (nSPS) is 11.3. The Labute approximate surface area is 140 Å². The SMILES string of the molecule is C=C(NCCC/C(C)=C\c1ccccc1C)c1ccccc1C. The zero-order valence-corrected chi connectivity index (χ0v) is 14.5. The fourth-order valence-electron chi connectivity index (χ4n) is 2.70. The zero-order valence-electron chi connectivity index (χ0n) is 14.5. The van der Waals surface area contributed by atoms with E-state index in [4.69, 9.17) is 0 Å². The molecule has 0 spiro atoms. The van der Waals surface area contributed by atoms with Crippen LogP contribution in [0.25, 0.3) is 11.8 Å². The molecule has 2 rings (SSSR count). The minimum absolute atomic E-state index is 0.951. The number of hydrogen-bond acceptors (Lipinski definition) is 1. The first-order chi connectivity index (χ1) is 11.1. The molecule has 1 heteroatoms. The van der Waals surface area contributed by atoms with Crippen LogP contribution >= 0.6 is 0 Å². The van der Waals surface area contributed by atoms with Crippen molar-refractivity contribution in [3.05, 3.63) is 82.9 Å². The Hall–Kier alpha value is -2.28. The molecule has 0 aromatic heterocycles. The molecular weight excluding hydrogens is 278 g/mol. The highest BCUT2D eigenvalue weighted by molar-refractivity contribution is 5.64. The number of allylic oxidation sites excluding steroid dienone is 1. The Kier molecular flexibility index (Phi) is 6.22. The van der Waals surface area contributed by atoms with Crippen molar-refractivity contribution in [1.82, 2.24) is 5.32 Å². The predicted molar refractivity (Wildman–Crippen MR) is 102 cm³/mol. The van der Waals surface area contributed by atoms with Crippen LogP contribution in [-0.2, 0) is 0 Å². The van der Waals surface area contributed by atoms with Gasteiger partial charge in [-0.05, 0) is 55.9 Å². The van der Waals surface area contributed by atoms with Crippen molar-refractivity contribution in [2.24, 2.45) is 0 Å². The second-order valence-corrected chi connectivity index (χ2v) is 6.17. The van der Waals surface area contributed by atoms with Gasteiger partial charge in [0.15, 0.2) is 0 Å². The summed E-state index contributed by atoms with van der Waals surface area (Å²) >= 11 is 0. The molecule has 2 aromatic carbocycles. The summed E-state index contributed by atoms with van der Waals surface area (Å²) in [5, 5.41) is 3.45. The van der Waals surface area contributed by atoms with Gasteiger partial charge >= 0.3 is 0 Å². The third kappa shape index (κ3) is 5.14. The molecule has 1 nitrogen and oxygen atoms in total. The van der Waals surface area contributed by atoms with E-state index in [1.807, 2.05) is 0 Å². The number of benzene rings is 2. The lowest BCUT2D eigenvalue weighted by Crippen LogP contribution is -2.13. The van der Waals surface area contributed by atoms with Crippen LogP contribution in [0.4, 0.5) is 0 Å². The first-order valence-corrected chi connectivity index (χ1v) is 8.29. The van der Waals surface area contributed by atoms with Crippen molar-refractivity contribution in [2.45, 2.75) is 33.6 Å². The Morgan fingerprint density at radius 1 is 1.00 bits per heavy atom. The van der Waals surface area contributed by atoms with Gasteiger partial charge in [0.1, 0.15) is 0 Å². The lowest BCUT2D eigenvalue weighted by molar-refractivity contribution is 0.759. The summed E-state index contributed by atoms with van der Waals surface area (Å²) in [6.07, 6.45) is 4.51. The van der Waals surface area contributed by atoms with Gasteiger partial charge in [-0.25, -0.2) is 0 Å². The second-order valence-electron chi connectivity index (χ2n) is 6.17.